The molecule has 2 heteroatoms. The molecule has 2 nitrogen and oxygen atoms in total. The summed E-state index contributed by atoms with van der Waals surface area (Å²) in [4.78, 5) is 2.25. The molecule has 1 aromatic heterocycles. The van der Waals surface area contributed by atoms with Crippen LogP contribution in [-0.2, 0) is 0 Å². The van der Waals surface area contributed by atoms with Crippen molar-refractivity contribution >= 4 is 44.5 Å². The molecule has 0 fully saturated rings. The summed E-state index contributed by atoms with van der Waals surface area (Å²) in [5.41, 5.74) is 16.8. The first-order chi connectivity index (χ1) is 28.7. The van der Waals surface area contributed by atoms with E-state index in [1.165, 1.54) is 66.4 Å². The van der Waals surface area contributed by atoms with Gasteiger partial charge in [-0.2, -0.15) is 0 Å². The van der Waals surface area contributed by atoms with Crippen LogP contribution in [0.3, 0.4) is 0 Å². The van der Waals surface area contributed by atoms with Gasteiger partial charge in [0.2, 0.25) is 0 Å². The Kier molecular flexibility index (Phi) is 10.3. The molecule has 0 spiro atoms. The molecule has 282 valence electrons. The third kappa shape index (κ3) is 7.03. The largest absolute Gasteiger partial charge is 0.317 e. The van der Waals surface area contributed by atoms with E-state index in [1.54, 1.807) is 0 Å². The number of hydrogen-bond acceptors (Lipinski definition) is 1. The molecular formula is C56H48N2. The Labute approximate surface area is 343 Å². The number of hydrogen-bond donors (Lipinski definition) is 0. The molecular weight excluding hydrogens is 701 g/mol. The molecule has 1 unspecified atom stereocenters. The van der Waals surface area contributed by atoms with Crippen molar-refractivity contribution in [2.45, 2.75) is 39.0 Å². The predicted octanol–water partition coefficient (Wildman–Crippen LogP) is 15.8. The summed E-state index contributed by atoms with van der Waals surface area (Å²) in [6.45, 7) is 8.48. The molecule has 0 saturated carbocycles. The van der Waals surface area contributed by atoms with E-state index in [-0.39, 0.29) is 0 Å². The van der Waals surface area contributed by atoms with Gasteiger partial charge in [-0.15, -0.1) is 0 Å². The van der Waals surface area contributed by atoms with Gasteiger partial charge in [0, 0.05) is 39.8 Å². The quantitative estimate of drug-likeness (QED) is 0.164. The monoisotopic (exact) mass is 748 g/mol. The summed E-state index contributed by atoms with van der Waals surface area (Å²) in [5, 5.41) is 2.52. The van der Waals surface area contributed by atoms with Crippen LogP contribution < -0.4 is 4.90 Å². The zero-order valence-electron chi connectivity index (χ0n) is 33.4. The minimum absolute atomic E-state index is 0.360. The minimum Gasteiger partial charge on any atom is -0.317 e. The smallest absolute Gasteiger partial charge is 0.0544 e. The Hall–Kier alpha value is -6.90. The molecule has 6 aromatic carbocycles. The first-order valence-corrected chi connectivity index (χ1v) is 20.7. The van der Waals surface area contributed by atoms with Crippen LogP contribution in [-0.4, -0.2) is 4.57 Å². The SMILES string of the molecule is C=C1/C=C\C=C/N(c2ccccc2)c2ccc(-c3ccc4c(c3)c3ccc(-c5cc(-c6ccccc6)cc(C6C=CC=CC6)c5)cc3n4C3=CC=CCC3)cc21.CC. The maximum atomic E-state index is 4.48. The molecule has 0 bridgehead atoms. The van der Waals surface area contributed by atoms with Crippen molar-refractivity contribution in [3.63, 3.8) is 0 Å². The lowest BCUT2D eigenvalue weighted by atomic mass is 9.87. The van der Waals surface area contributed by atoms with Gasteiger partial charge in [0.1, 0.15) is 0 Å². The minimum atomic E-state index is 0.360. The standard InChI is InChI=1S/C54H42N2.C2H6/c1-38-16-14-15-31-55(47-21-10-4-11-22-47)52-29-26-41(35-50(38)52)42-27-30-53-51(36-42)49-28-25-43(37-54(49)56(53)48-23-12-5-13-24-48)46-33-44(39-17-6-2-7-18-39)32-45(34-46)40-19-8-3-9-20-40;1-2/h2-12,14-19,21-23,25-37,40H,1,13,20,24H2;1-2H3/b16-14-,31-15-;. The van der Waals surface area contributed by atoms with Gasteiger partial charge in [-0.3, -0.25) is 0 Å². The van der Waals surface area contributed by atoms with Crippen molar-refractivity contribution in [2.75, 3.05) is 4.90 Å². The van der Waals surface area contributed by atoms with E-state index in [2.05, 4.69) is 216 Å². The Bertz CT molecular complexity index is 2840. The molecule has 3 aliphatic rings. The Morgan fingerprint density at radius 2 is 1.31 bits per heavy atom. The van der Waals surface area contributed by atoms with Crippen LogP contribution in [0.25, 0.3) is 66.5 Å². The molecule has 10 rings (SSSR count). The highest BCUT2D eigenvalue weighted by Crippen LogP contribution is 2.42. The zero-order valence-corrected chi connectivity index (χ0v) is 33.4. The summed E-state index contributed by atoms with van der Waals surface area (Å²) in [7, 11) is 0. The van der Waals surface area contributed by atoms with Crippen LogP contribution in [0.2, 0.25) is 0 Å². The van der Waals surface area contributed by atoms with Crippen LogP contribution in [0.1, 0.15) is 50.2 Å². The number of fused-ring (bicyclic) bond motifs is 4. The van der Waals surface area contributed by atoms with Gasteiger partial charge in [-0.1, -0.05) is 154 Å². The second-order valence-electron chi connectivity index (χ2n) is 15.0. The van der Waals surface area contributed by atoms with Crippen LogP contribution in [0.5, 0.6) is 0 Å². The third-order valence-electron chi connectivity index (χ3n) is 11.5. The second kappa shape index (κ2) is 16.3. The highest BCUT2D eigenvalue weighted by molar-refractivity contribution is 6.12. The second-order valence-corrected chi connectivity index (χ2v) is 15.0. The van der Waals surface area contributed by atoms with E-state index in [4.69, 9.17) is 0 Å². The number of nitrogens with zero attached hydrogens (tertiary/aromatic N) is 2. The average Bonchev–Trinajstić information content (AvgIpc) is 3.63. The van der Waals surface area contributed by atoms with Gasteiger partial charge in [-0.05, 0) is 124 Å². The molecule has 1 aliphatic heterocycles. The van der Waals surface area contributed by atoms with Crippen LogP contribution in [0.15, 0.2) is 207 Å². The number of aromatic nitrogens is 1. The van der Waals surface area contributed by atoms with E-state index in [1.807, 2.05) is 13.8 Å². The molecule has 0 N–H and O–H groups in total. The van der Waals surface area contributed by atoms with Crippen molar-refractivity contribution < 1.29 is 0 Å². The topological polar surface area (TPSA) is 8.17 Å². The van der Waals surface area contributed by atoms with Gasteiger partial charge in [-0.25, -0.2) is 0 Å². The fourth-order valence-electron chi connectivity index (χ4n) is 8.60. The molecule has 58 heavy (non-hydrogen) atoms. The van der Waals surface area contributed by atoms with Crippen molar-refractivity contribution in [1.29, 1.82) is 0 Å². The van der Waals surface area contributed by atoms with E-state index < -0.39 is 0 Å². The molecule has 7 aromatic rings. The Morgan fingerprint density at radius 1 is 0.569 bits per heavy atom. The van der Waals surface area contributed by atoms with E-state index in [0.717, 1.165) is 41.8 Å². The average molecular weight is 749 g/mol. The van der Waals surface area contributed by atoms with Gasteiger partial charge in [0.25, 0.3) is 0 Å². The van der Waals surface area contributed by atoms with Crippen LogP contribution in [0, 0.1) is 0 Å². The van der Waals surface area contributed by atoms with E-state index in [0.29, 0.717) is 5.92 Å². The summed E-state index contributed by atoms with van der Waals surface area (Å²) in [6, 6.07) is 49.4. The van der Waals surface area contributed by atoms with Gasteiger partial charge >= 0.3 is 0 Å². The van der Waals surface area contributed by atoms with Crippen molar-refractivity contribution in [3.05, 3.63) is 218 Å². The van der Waals surface area contributed by atoms with Crippen molar-refractivity contribution in [2.24, 2.45) is 0 Å². The summed E-state index contributed by atoms with van der Waals surface area (Å²) in [6.07, 6.45) is 27.2. The number of allylic oxidation sites excluding steroid dienone is 12. The lowest BCUT2D eigenvalue weighted by Crippen LogP contribution is -2.11. The lowest BCUT2D eigenvalue weighted by Gasteiger charge is -2.25. The van der Waals surface area contributed by atoms with Crippen LogP contribution in [0.4, 0.5) is 11.4 Å². The molecule has 0 saturated heterocycles. The fourth-order valence-corrected chi connectivity index (χ4v) is 8.60. The maximum absolute atomic E-state index is 4.48. The normalized spacial score (nSPS) is 16.9. The Balaban J connectivity index is 0.00000215. The number of rotatable bonds is 6. The lowest BCUT2D eigenvalue weighted by molar-refractivity contribution is 0.854. The summed E-state index contributed by atoms with van der Waals surface area (Å²) >= 11 is 0. The zero-order chi connectivity index (χ0) is 39.4. The highest BCUT2D eigenvalue weighted by atomic mass is 15.1. The fraction of sp³-hybridized carbons (Fsp3) is 0.107. The van der Waals surface area contributed by atoms with E-state index >= 15 is 0 Å². The first-order valence-electron chi connectivity index (χ1n) is 20.7. The van der Waals surface area contributed by atoms with Gasteiger partial charge in [0.05, 0.1) is 16.7 Å². The highest BCUT2D eigenvalue weighted by Gasteiger charge is 2.20. The Morgan fingerprint density at radius 3 is 2.09 bits per heavy atom. The van der Waals surface area contributed by atoms with Crippen molar-refractivity contribution in [1.82, 2.24) is 4.57 Å². The van der Waals surface area contributed by atoms with Crippen molar-refractivity contribution in [3.8, 4) is 33.4 Å². The predicted molar refractivity (Wildman–Crippen MR) is 251 cm³/mol. The van der Waals surface area contributed by atoms with Crippen LogP contribution >= 0.6 is 0 Å². The number of benzene rings is 6. The number of anilines is 2. The molecule has 1 atom stereocenters. The van der Waals surface area contributed by atoms with Gasteiger partial charge < -0.3 is 9.47 Å². The molecule has 0 amide bonds. The van der Waals surface area contributed by atoms with Gasteiger partial charge in [0.15, 0.2) is 0 Å². The maximum Gasteiger partial charge on any atom is 0.0544 e. The van der Waals surface area contributed by atoms with E-state index in [9.17, 15) is 0 Å². The molecule has 2 heterocycles. The summed E-state index contributed by atoms with van der Waals surface area (Å²) in [5.74, 6) is 0.360. The summed E-state index contributed by atoms with van der Waals surface area (Å²) < 4.78 is 2.51. The molecule has 0 radical (unpaired) electrons. The first kappa shape index (κ1) is 36.7. The number of para-hydroxylation sites is 1. The third-order valence-corrected chi connectivity index (χ3v) is 11.5. The molecule has 2 aliphatic carbocycles.